The fourth-order valence-corrected chi connectivity index (χ4v) is 1.83. The number of nitrogens with zero attached hydrogens (tertiary/aromatic N) is 4. The molecular weight excluding hydrogens is 250 g/mol. The summed E-state index contributed by atoms with van der Waals surface area (Å²) in [4.78, 5) is 4.27. The molecule has 2 aromatic heterocycles. The van der Waals surface area contributed by atoms with Crippen LogP contribution in [0.5, 0.6) is 0 Å². The SMILES string of the molecule is Cc1nnc2c(Nc3ccc(Cl)cc3)nccn12. The van der Waals surface area contributed by atoms with Crippen LogP contribution < -0.4 is 5.32 Å². The van der Waals surface area contributed by atoms with E-state index in [4.69, 9.17) is 11.6 Å². The number of nitrogens with one attached hydrogen (secondary N) is 1. The Morgan fingerprint density at radius 3 is 2.72 bits per heavy atom. The molecule has 3 aromatic rings. The lowest BCUT2D eigenvalue weighted by Crippen LogP contribution is -1.98. The van der Waals surface area contributed by atoms with Gasteiger partial charge in [0.15, 0.2) is 5.82 Å². The van der Waals surface area contributed by atoms with Crippen LogP contribution in [0, 0.1) is 6.92 Å². The third-order valence-electron chi connectivity index (χ3n) is 2.60. The van der Waals surface area contributed by atoms with Crippen molar-refractivity contribution in [3.05, 3.63) is 47.5 Å². The fraction of sp³-hybridized carbons (Fsp3) is 0.0833. The maximum Gasteiger partial charge on any atom is 0.204 e. The molecule has 0 atom stereocenters. The van der Waals surface area contributed by atoms with E-state index in [2.05, 4.69) is 20.5 Å². The minimum atomic E-state index is 0.667. The quantitative estimate of drug-likeness (QED) is 0.769. The van der Waals surface area contributed by atoms with E-state index in [0.717, 1.165) is 11.5 Å². The molecule has 0 radical (unpaired) electrons. The Bertz CT molecular complexity index is 689. The van der Waals surface area contributed by atoms with Gasteiger partial charge in [-0.2, -0.15) is 0 Å². The average molecular weight is 260 g/mol. The smallest absolute Gasteiger partial charge is 0.204 e. The van der Waals surface area contributed by atoms with Crippen molar-refractivity contribution in [2.24, 2.45) is 0 Å². The maximum absolute atomic E-state index is 5.84. The average Bonchev–Trinajstić information content (AvgIpc) is 2.76. The van der Waals surface area contributed by atoms with Crippen molar-refractivity contribution in [2.75, 3.05) is 5.32 Å². The molecule has 5 nitrogen and oxygen atoms in total. The van der Waals surface area contributed by atoms with Crippen LogP contribution in [-0.2, 0) is 0 Å². The van der Waals surface area contributed by atoms with Crippen molar-refractivity contribution in [3.63, 3.8) is 0 Å². The highest BCUT2D eigenvalue weighted by Crippen LogP contribution is 2.20. The number of rotatable bonds is 2. The number of halogens is 1. The second-order valence-electron chi connectivity index (χ2n) is 3.85. The molecule has 0 spiro atoms. The molecule has 2 heterocycles. The van der Waals surface area contributed by atoms with Gasteiger partial charge in [-0.15, -0.1) is 10.2 Å². The van der Waals surface area contributed by atoms with Crippen molar-refractivity contribution in [3.8, 4) is 0 Å². The van der Waals surface area contributed by atoms with Gasteiger partial charge in [0.25, 0.3) is 0 Å². The number of hydrogen-bond donors (Lipinski definition) is 1. The summed E-state index contributed by atoms with van der Waals surface area (Å²) in [6, 6.07) is 7.41. The van der Waals surface area contributed by atoms with Crippen molar-refractivity contribution in [2.45, 2.75) is 6.92 Å². The normalized spacial score (nSPS) is 10.8. The predicted octanol–water partition coefficient (Wildman–Crippen LogP) is 2.83. The molecule has 0 aliphatic rings. The van der Waals surface area contributed by atoms with Crippen LogP contribution in [-0.4, -0.2) is 19.6 Å². The maximum atomic E-state index is 5.84. The second-order valence-corrected chi connectivity index (χ2v) is 4.29. The van der Waals surface area contributed by atoms with Crippen molar-refractivity contribution >= 4 is 28.8 Å². The first kappa shape index (κ1) is 11.0. The molecule has 0 unspecified atom stereocenters. The van der Waals surface area contributed by atoms with E-state index in [1.54, 1.807) is 6.20 Å². The molecule has 1 N–H and O–H groups in total. The van der Waals surface area contributed by atoms with Gasteiger partial charge in [-0.05, 0) is 31.2 Å². The molecule has 0 saturated heterocycles. The first-order valence-electron chi connectivity index (χ1n) is 5.43. The number of aromatic nitrogens is 4. The monoisotopic (exact) mass is 259 g/mol. The van der Waals surface area contributed by atoms with E-state index in [0.29, 0.717) is 16.5 Å². The topological polar surface area (TPSA) is 55.1 Å². The predicted molar refractivity (Wildman–Crippen MR) is 70.3 cm³/mol. The number of hydrogen-bond acceptors (Lipinski definition) is 4. The summed E-state index contributed by atoms with van der Waals surface area (Å²) in [5.41, 5.74) is 1.60. The van der Waals surface area contributed by atoms with Crippen LogP contribution in [0.15, 0.2) is 36.7 Å². The highest BCUT2D eigenvalue weighted by molar-refractivity contribution is 6.30. The molecule has 6 heteroatoms. The van der Waals surface area contributed by atoms with Crippen LogP contribution in [0.4, 0.5) is 11.5 Å². The zero-order valence-electron chi connectivity index (χ0n) is 9.63. The molecule has 90 valence electrons. The summed E-state index contributed by atoms with van der Waals surface area (Å²) in [6.07, 6.45) is 3.54. The zero-order valence-corrected chi connectivity index (χ0v) is 10.4. The molecule has 0 aliphatic heterocycles. The third-order valence-corrected chi connectivity index (χ3v) is 2.86. The summed E-state index contributed by atoms with van der Waals surface area (Å²) in [5.74, 6) is 1.49. The Balaban J connectivity index is 2.02. The Morgan fingerprint density at radius 2 is 1.94 bits per heavy atom. The standard InChI is InChI=1S/C12H10ClN5/c1-8-16-17-12-11(14-6-7-18(8)12)15-10-4-2-9(13)3-5-10/h2-7H,1H3,(H,14,15). The zero-order chi connectivity index (χ0) is 12.5. The first-order valence-corrected chi connectivity index (χ1v) is 5.81. The summed E-state index contributed by atoms with van der Waals surface area (Å²) < 4.78 is 1.88. The van der Waals surface area contributed by atoms with Gasteiger partial charge in [-0.3, -0.25) is 4.40 Å². The summed E-state index contributed by atoms with van der Waals surface area (Å²) in [7, 11) is 0. The van der Waals surface area contributed by atoms with Crippen molar-refractivity contribution < 1.29 is 0 Å². The van der Waals surface area contributed by atoms with E-state index in [1.807, 2.05) is 41.8 Å². The molecular formula is C12H10ClN5. The molecule has 0 aliphatic carbocycles. The summed E-state index contributed by atoms with van der Waals surface area (Å²) in [5, 5.41) is 12.0. The van der Waals surface area contributed by atoms with Gasteiger partial charge in [0.2, 0.25) is 5.65 Å². The number of anilines is 2. The molecule has 1 aromatic carbocycles. The molecule has 3 rings (SSSR count). The Labute approximate surface area is 108 Å². The van der Waals surface area contributed by atoms with Crippen LogP contribution in [0.25, 0.3) is 5.65 Å². The number of fused-ring (bicyclic) bond motifs is 1. The van der Waals surface area contributed by atoms with Gasteiger partial charge in [0.1, 0.15) is 5.82 Å². The van der Waals surface area contributed by atoms with Crippen molar-refractivity contribution in [1.82, 2.24) is 19.6 Å². The fourth-order valence-electron chi connectivity index (χ4n) is 1.70. The lowest BCUT2D eigenvalue weighted by atomic mass is 10.3. The first-order chi connectivity index (χ1) is 8.74. The van der Waals surface area contributed by atoms with Gasteiger partial charge in [0.05, 0.1) is 0 Å². The van der Waals surface area contributed by atoms with E-state index in [9.17, 15) is 0 Å². The van der Waals surface area contributed by atoms with Gasteiger partial charge < -0.3 is 5.32 Å². The summed E-state index contributed by atoms with van der Waals surface area (Å²) >= 11 is 5.84. The van der Waals surface area contributed by atoms with E-state index in [-0.39, 0.29) is 0 Å². The highest BCUT2D eigenvalue weighted by atomic mass is 35.5. The van der Waals surface area contributed by atoms with Crippen LogP contribution in [0.1, 0.15) is 5.82 Å². The van der Waals surface area contributed by atoms with E-state index < -0.39 is 0 Å². The number of aryl methyl sites for hydroxylation is 1. The Morgan fingerprint density at radius 1 is 1.17 bits per heavy atom. The molecule has 0 amide bonds. The molecule has 0 bridgehead atoms. The minimum Gasteiger partial charge on any atom is -0.337 e. The largest absolute Gasteiger partial charge is 0.337 e. The lowest BCUT2D eigenvalue weighted by Gasteiger charge is -2.06. The third kappa shape index (κ3) is 1.89. The molecule has 0 fully saturated rings. The van der Waals surface area contributed by atoms with Gasteiger partial charge >= 0.3 is 0 Å². The van der Waals surface area contributed by atoms with Gasteiger partial charge in [0, 0.05) is 23.1 Å². The van der Waals surface area contributed by atoms with Crippen LogP contribution >= 0.6 is 11.6 Å². The highest BCUT2D eigenvalue weighted by Gasteiger charge is 2.07. The molecule has 18 heavy (non-hydrogen) atoms. The second kappa shape index (κ2) is 4.27. The Hall–Kier alpha value is -2.14. The van der Waals surface area contributed by atoms with Crippen LogP contribution in [0.3, 0.4) is 0 Å². The van der Waals surface area contributed by atoms with Gasteiger partial charge in [-0.1, -0.05) is 11.6 Å². The van der Waals surface area contributed by atoms with Crippen LogP contribution in [0.2, 0.25) is 5.02 Å². The van der Waals surface area contributed by atoms with Gasteiger partial charge in [-0.25, -0.2) is 4.98 Å². The Kier molecular flexibility index (Phi) is 2.60. The van der Waals surface area contributed by atoms with Crippen molar-refractivity contribution in [1.29, 1.82) is 0 Å². The molecule has 0 saturated carbocycles. The number of benzene rings is 1. The van der Waals surface area contributed by atoms with E-state index >= 15 is 0 Å². The lowest BCUT2D eigenvalue weighted by molar-refractivity contribution is 1.00. The van der Waals surface area contributed by atoms with E-state index in [1.165, 1.54) is 0 Å². The minimum absolute atomic E-state index is 0.667. The summed E-state index contributed by atoms with van der Waals surface area (Å²) in [6.45, 7) is 1.89.